The summed E-state index contributed by atoms with van der Waals surface area (Å²) in [5.41, 5.74) is 8.49. The van der Waals surface area contributed by atoms with Crippen LogP contribution in [0.2, 0.25) is 0 Å². The topological polar surface area (TPSA) is 47.1 Å². The van der Waals surface area contributed by atoms with Crippen LogP contribution in [0, 0.1) is 12.7 Å². The van der Waals surface area contributed by atoms with Gasteiger partial charge in [-0.2, -0.15) is 5.10 Å². The van der Waals surface area contributed by atoms with E-state index in [1.165, 1.54) is 6.07 Å². The highest BCUT2D eigenvalue weighted by Crippen LogP contribution is 2.30. The van der Waals surface area contributed by atoms with Crippen LogP contribution in [0.1, 0.15) is 29.8 Å². The molecule has 1 aromatic heterocycles. The first-order valence-electron chi connectivity index (χ1n) is 7.17. The predicted molar refractivity (Wildman–Crippen MR) is 83.9 cm³/mol. The molecular formula is C16H23FN4. The van der Waals surface area contributed by atoms with Gasteiger partial charge in [-0.3, -0.25) is 4.68 Å². The molecular weight excluding hydrogens is 267 g/mol. The number of benzene rings is 1. The zero-order valence-corrected chi connectivity index (χ0v) is 13.1. The number of hydrogen-bond donors (Lipinski definition) is 1. The maximum absolute atomic E-state index is 14.0. The molecule has 0 saturated carbocycles. The molecule has 0 radical (unpaired) electrons. The third-order valence-electron chi connectivity index (χ3n) is 3.98. The molecule has 0 saturated heterocycles. The lowest BCUT2D eigenvalue weighted by Crippen LogP contribution is -2.26. The Balaban J connectivity index is 2.40. The molecule has 2 N–H and O–H groups in total. The average Bonchev–Trinajstić information content (AvgIpc) is 2.73. The van der Waals surface area contributed by atoms with Crippen molar-refractivity contribution >= 4 is 5.82 Å². The van der Waals surface area contributed by atoms with Crippen molar-refractivity contribution in [2.24, 2.45) is 12.8 Å². The number of hydrogen-bond acceptors (Lipinski definition) is 3. The Morgan fingerprint density at radius 2 is 2.05 bits per heavy atom. The van der Waals surface area contributed by atoms with Gasteiger partial charge < -0.3 is 10.6 Å². The summed E-state index contributed by atoms with van der Waals surface area (Å²) >= 11 is 0. The Hall–Kier alpha value is -1.88. The first-order valence-corrected chi connectivity index (χ1v) is 7.17. The van der Waals surface area contributed by atoms with Gasteiger partial charge in [0, 0.05) is 25.2 Å². The number of anilines is 1. The fourth-order valence-electron chi connectivity index (χ4n) is 2.77. The van der Waals surface area contributed by atoms with E-state index in [1.807, 2.05) is 44.8 Å². The molecule has 0 aliphatic rings. The lowest BCUT2D eigenvalue weighted by Gasteiger charge is -2.28. The van der Waals surface area contributed by atoms with Crippen molar-refractivity contribution in [3.8, 4) is 0 Å². The van der Waals surface area contributed by atoms with Crippen molar-refractivity contribution in [2.45, 2.75) is 26.3 Å². The van der Waals surface area contributed by atoms with E-state index in [1.54, 1.807) is 6.07 Å². The molecule has 0 bridgehead atoms. The van der Waals surface area contributed by atoms with E-state index in [-0.39, 0.29) is 11.9 Å². The van der Waals surface area contributed by atoms with E-state index < -0.39 is 0 Å². The second kappa shape index (κ2) is 6.26. The summed E-state index contributed by atoms with van der Waals surface area (Å²) in [7, 11) is 3.88. The van der Waals surface area contributed by atoms with Crippen molar-refractivity contribution in [1.82, 2.24) is 9.78 Å². The maximum Gasteiger partial charge on any atom is 0.130 e. The highest BCUT2D eigenvalue weighted by Gasteiger charge is 2.22. The number of nitrogens with zero attached hydrogens (tertiary/aromatic N) is 3. The van der Waals surface area contributed by atoms with Gasteiger partial charge in [0.2, 0.25) is 0 Å². The molecule has 4 nitrogen and oxygen atoms in total. The van der Waals surface area contributed by atoms with Crippen LogP contribution >= 0.6 is 0 Å². The third kappa shape index (κ3) is 2.93. The minimum absolute atomic E-state index is 0.0856. The second-order valence-corrected chi connectivity index (χ2v) is 5.36. The molecule has 0 fully saturated rings. The van der Waals surface area contributed by atoms with Crippen molar-refractivity contribution in [2.75, 3.05) is 18.5 Å². The van der Waals surface area contributed by atoms with Crippen LogP contribution in [0.25, 0.3) is 0 Å². The Bertz CT molecular complexity index is 621. The zero-order valence-electron chi connectivity index (χ0n) is 13.1. The van der Waals surface area contributed by atoms with Crippen LogP contribution in [-0.2, 0) is 13.5 Å². The summed E-state index contributed by atoms with van der Waals surface area (Å²) in [6.45, 7) is 4.55. The monoisotopic (exact) mass is 290 g/mol. The van der Waals surface area contributed by atoms with Gasteiger partial charge in [-0.25, -0.2) is 4.39 Å². The number of rotatable bonds is 5. The van der Waals surface area contributed by atoms with Crippen LogP contribution in [0.15, 0.2) is 24.3 Å². The van der Waals surface area contributed by atoms with Crippen molar-refractivity contribution in [3.05, 3.63) is 46.9 Å². The largest absolute Gasteiger partial charge is 0.353 e. The molecule has 0 aliphatic heterocycles. The Morgan fingerprint density at radius 1 is 1.38 bits per heavy atom. The lowest BCUT2D eigenvalue weighted by molar-refractivity contribution is 0.578. The second-order valence-electron chi connectivity index (χ2n) is 5.36. The summed E-state index contributed by atoms with van der Waals surface area (Å²) in [5.74, 6) is 0.810. The van der Waals surface area contributed by atoms with E-state index in [0.717, 1.165) is 23.5 Å². The van der Waals surface area contributed by atoms with E-state index in [0.29, 0.717) is 12.1 Å². The molecule has 114 valence electrons. The lowest BCUT2D eigenvalue weighted by atomic mass is 10.1. The van der Waals surface area contributed by atoms with Crippen molar-refractivity contribution < 1.29 is 4.39 Å². The Kier molecular flexibility index (Phi) is 4.63. The van der Waals surface area contributed by atoms with E-state index in [2.05, 4.69) is 10.00 Å². The van der Waals surface area contributed by atoms with Gasteiger partial charge in [-0.05, 0) is 32.9 Å². The third-order valence-corrected chi connectivity index (χ3v) is 3.98. The van der Waals surface area contributed by atoms with Gasteiger partial charge in [-0.1, -0.05) is 18.2 Å². The smallest absolute Gasteiger partial charge is 0.130 e. The van der Waals surface area contributed by atoms with Crippen molar-refractivity contribution in [1.29, 1.82) is 0 Å². The first kappa shape index (κ1) is 15.5. The molecule has 1 unspecified atom stereocenters. The van der Waals surface area contributed by atoms with Crippen molar-refractivity contribution in [3.63, 3.8) is 0 Å². The number of nitrogens with two attached hydrogens (primary N) is 1. The number of aromatic nitrogens is 2. The molecule has 0 amide bonds. The van der Waals surface area contributed by atoms with Gasteiger partial charge in [0.15, 0.2) is 0 Å². The summed E-state index contributed by atoms with van der Waals surface area (Å²) < 4.78 is 15.8. The molecule has 0 spiro atoms. The van der Waals surface area contributed by atoms with E-state index in [4.69, 9.17) is 5.73 Å². The van der Waals surface area contributed by atoms with Gasteiger partial charge in [0.1, 0.15) is 11.6 Å². The summed E-state index contributed by atoms with van der Waals surface area (Å²) in [6, 6.07) is 6.80. The molecule has 1 aromatic carbocycles. The molecule has 2 rings (SSSR count). The number of aryl methyl sites for hydroxylation is 2. The van der Waals surface area contributed by atoms with E-state index >= 15 is 0 Å². The summed E-state index contributed by atoms with van der Waals surface area (Å²) in [5, 5.41) is 4.47. The molecule has 2 aromatic rings. The standard InChI is InChI=1S/C16H23FN4/c1-11-13(9-10-18)16(21(4)19-11)20(3)12(2)14-7-5-6-8-15(14)17/h5-8,12H,9-10,18H2,1-4H3. The fourth-order valence-corrected chi connectivity index (χ4v) is 2.77. The van der Waals surface area contributed by atoms with E-state index in [9.17, 15) is 4.39 Å². The quantitative estimate of drug-likeness (QED) is 0.920. The first-order chi connectivity index (χ1) is 9.97. The predicted octanol–water partition coefficient (Wildman–Crippen LogP) is 2.57. The minimum atomic E-state index is -0.184. The highest BCUT2D eigenvalue weighted by atomic mass is 19.1. The molecule has 1 atom stereocenters. The average molecular weight is 290 g/mol. The van der Waals surface area contributed by atoms with Crippen LogP contribution in [0.3, 0.4) is 0 Å². The maximum atomic E-state index is 14.0. The van der Waals surface area contributed by atoms with Crippen LogP contribution in [-0.4, -0.2) is 23.4 Å². The van der Waals surface area contributed by atoms with Gasteiger partial charge >= 0.3 is 0 Å². The Labute approximate surface area is 125 Å². The summed E-state index contributed by atoms with van der Waals surface area (Å²) in [6.07, 6.45) is 0.767. The molecule has 21 heavy (non-hydrogen) atoms. The van der Waals surface area contributed by atoms with Crippen LogP contribution in [0.4, 0.5) is 10.2 Å². The molecule has 5 heteroatoms. The summed E-state index contributed by atoms with van der Waals surface area (Å²) in [4.78, 5) is 2.06. The SMILES string of the molecule is Cc1nn(C)c(N(C)C(C)c2ccccc2F)c1CCN. The van der Waals surface area contributed by atoms with Crippen LogP contribution in [0.5, 0.6) is 0 Å². The normalized spacial score (nSPS) is 12.5. The highest BCUT2D eigenvalue weighted by molar-refractivity contribution is 5.51. The van der Waals surface area contributed by atoms with Gasteiger partial charge in [0.05, 0.1) is 11.7 Å². The Morgan fingerprint density at radius 3 is 2.67 bits per heavy atom. The number of halogens is 1. The zero-order chi connectivity index (χ0) is 15.6. The minimum Gasteiger partial charge on any atom is -0.353 e. The fraction of sp³-hybridized carbons (Fsp3) is 0.438. The van der Waals surface area contributed by atoms with Crippen LogP contribution < -0.4 is 10.6 Å². The molecule has 0 aliphatic carbocycles. The van der Waals surface area contributed by atoms with Gasteiger partial charge in [0.25, 0.3) is 0 Å². The van der Waals surface area contributed by atoms with Gasteiger partial charge in [-0.15, -0.1) is 0 Å². The molecule has 1 heterocycles.